The van der Waals surface area contributed by atoms with Crippen LogP contribution in [0.25, 0.3) is 6.08 Å². The first kappa shape index (κ1) is 23.8. The number of nitrogens with one attached hydrogen (secondary N) is 1. The molecule has 0 saturated carbocycles. The maximum absolute atomic E-state index is 13.0. The highest BCUT2D eigenvalue weighted by Crippen LogP contribution is 2.35. The van der Waals surface area contributed by atoms with Crippen molar-refractivity contribution in [3.63, 3.8) is 0 Å². The van der Waals surface area contributed by atoms with Crippen molar-refractivity contribution in [1.29, 1.82) is 0 Å². The molecule has 2 aliphatic heterocycles. The molecular weight excluding hydrogens is 436 g/mol. The van der Waals surface area contributed by atoms with Crippen LogP contribution < -0.4 is 19.9 Å². The molecule has 1 unspecified atom stereocenters. The molecule has 0 aliphatic carbocycles. The van der Waals surface area contributed by atoms with Gasteiger partial charge in [-0.2, -0.15) is 0 Å². The van der Waals surface area contributed by atoms with E-state index >= 15 is 0 Å². The largest absolute Gasteiger partial charge is 0.493 e. The molecule has 2 aromatic rings. The van der Waals surface area contributed by atoms with Crippen LogP contribution in [-0.2, 0) is 19.1 Å². The number of ether oxygens (including phenoxy) is 4. The second kappa shape index (κ2) is 9.87. The van der Waals surface area contributed by atoms with Gasteiger partial charge in [0.05, 0.1) is 18.9 Å². The number of amides is 2. The third kappa shape index (κ3) is 5.08. The van der Waals surface area contributed by atoms with Crippen molar-refractivity contribution in [3.8, 4) is 11.5 Å². The SMILES string of the molecule is CCCOc1ccc(/C=C2\C(=O)NN(c3ccccc3)C2=O)c(OCC2COC(C)(C)O2)c1C. The smallest absolute Gasteiger partial charge is 0.282 e. The van der Waals surface area contributed by atoms with E-state index in [2.05, 4.69) is 5.43 Å². The lowest BCUT2D eigenvalue weighted by Gasteiger charge is -2.19. The Bertz CT molecular complexity index is 1100. The average Bonchev–Trinajstić information content (AvgIpc) is 3.31. The van der Waals surface area contributed by atoms with Gasteiger partial charge in [-0.25, -0.2) is 5.01 Å². The molecule has 2 amide bonds. The quantitative estimate of drug-likeness (QED) is 0.471. The summed E-state index contributed by atoms with van der Waals surface area (Å²) in [6.45, 7) is 8.89. The normalized spacial score (nSPS) is 20.6. The van der Waals surface area contributed by atoms with Gasteiger partial charge in [0.15, 0.2) is 5.79 Å². The van der Waals surface area contributed by atoms with Crippen LogP contribution in [0.15, 0.2) is 48.0 Å². The monoisotopic (exact) mass is 466 g/mol. The van der Waals surface area contributed by atoms with Crippen molar-refractivity contribution < 1.29 is 28.5 Å². The minimum absolute atomic E-state index is 0.0249. The average molecular weight is 467 g/mol. The van der Waals surface area contributed by atoms with Crippen LogP contribution in [0.1, 0.15) is 38.3 Å². The van der Waals surface area contributed by atoms with Gasteiger partial charge >= 0.3 is 0 Å². The highest BCUT2D eigenvalue weighted by molar-refractivity contribution is 6.31. The molecule has 2 aliphatic rings. The lowest BCUT2D eigenvalue weighted by molar-refractivity contribution is -0.141. The summed E-state index contributed by atoms with van der Waals surface area (Å²) in [5.41, 5.74) is 4.62. The van der Waals surface area contributed by atoms with Gasteiger partial charge in [-0.15, -0.1) is 0 Å². The molecule has 1 atom stereocenters. The van der Waals surface area contributed by atoms with Crippen molar-refractivity contribution in [2.24, 2.45) is 0 Å². The maximum atomic E-state index is 13.0. The van der Waals surface area contributed by atoms with E-state index in [4.69, 9.17) is 18.9 Å². The van der Waals surface area contributed by atoms with Crippen LogP contribution in [0.3, 0.4) is 0 Å². The Kier molecular flexibility index (Phi) is 6.90. The minimum atomic E-state index is -0.658. The van der Waals surface area contributed by atoms with Gasteiger partial charge in [-0.05, 0) is 57.5 Å². The summed E-state index contributed by atoms with van der Waals surface area (Å²) in [6.07, 6.45) is 2.19. The van der Waals surface area contributed by atoms with Crippen LogP contribution in [0.5, 0.6) is 11.5 Å². The zero-order valence-electron chi connectivity index (χ0n) is 19.9. The second-order valence-electron chi connectivity index (χ2n) is 8.69. The number of hydrogen-bond acceptors (Lipinski definition) is 6. The van der Waals surface area contributed by atoms with Crippen LogP contribution >= 0.6 is 0 Å². The summed E-state index contributed by atoms with van der Waals surface area (Å²) in [5.74, 6) is -0.336. The third-order valence-electron chi connectivity index (χ3n) is 5.53. The van der Waals surface area contributed by atoms with Crippen molar-refractivity contribution in [1.82, 2.24) is 5.43 Å². The zero-order valence-corrected chi connectivity index (χ0v) is 19.9. The number of anilines is 1. The Morgan fingerprint density at radius 2 is 1.91 bits per heavy atom. The summed E-state index contributed by atoms with van der Waals surface area (Å²) in [6, 6.07) is 12.6. The van der Waals surface area contributed by atoms with E-state index in [9.17, 15) is 9.59 Å². The molecule has 0 aromatic heterocycles. The molecule has 2 saturated heterocycles. The first-order valence-corrected chi connectivity index (χ1v) is 11.4. The lowest BCUT2D eigenvalue weighted by atomic mass is 10.0. The number of hydrazine groups is 1. The van der Waals surface area contributed by atoms with Crippen LogP contribution in [-0.4, -0.2) is 43.5 Å². The van der Waals surface area contributed by atoms with Crippen LogP contribution in [0, 0.1) is 6.92 Å². The fraction of sp³-hybridized carbons (Fsp3) is 0.385. The Morgan fingerprint density at radius 3 is 2.59 bits per heavy atom. The standard InChI is InChI=1S/C26H30N2O6/c1-5-13-31-22-12-11-18(23(17(22)2)32-15-20-16-33-26(3,4)34-20)14-21-24(29)27-28(25(21)30)19-9-7-6-8-10-19/h6-12,14,20H,5,13,15-16H2,1-4H3,(H,27,29)/b21-14+. The second-order valence-corrected chi connectivity index (χ2v) is 8.69. The molecule has 2 heterocycles. The van der Waals surface area contributed by atoms with E-state index in [1.54, 1.807) is 36.4 Å². The molecule has 1 N–H and O–H groups in total. The number of benzene rings is 2. The Balaban J connectivity index is 1.63. The Morgan fingerprint density at radius 1 is 1.15 bits per heavy atom. The molecule has 8 heteroatoms. The Labute approximate surface area is 199 Å². The fourth-order valence-corrected chi connectivity index (χ4v) is 3.86. The van der Waals surface area contributed by atoms with Gasteiger partial charge in [0.1, 0.15) is 29.8 Å². The number of nitrogens with zero attached hydrogens (tertiary/aromatic N) is 1. The van der Waals surface area contributed by atoms with Gasteiger partial charge < -0.3 is 18.9 Å². The van der Waals surface area contributed by atoms with Crippen LogP contribution in [0.4, 0.5) is 5.69 Å². The van der Waals surface area contributed by atoms with Crippen molar-refractivity contribution in [3.05, 3.63) is 59.2 Å². The number of para-hydroxylation sites is 1. The molecule has 4 rings (SSSR count). The number of hydrogen-bond donors (Lipinski definition) is 1. The number of rotatable bonds is 8. The van der Waals surface area contributed by atoms with Crippen molar-refractivity contribution >= 4 is 23.6 Å². The van der Waals surface area contributed by atoms with Crippen molar-refractivity contribution in [2.75, 3.05) is 24.8 Å². The van der Waals surface area contributed by atoms with E-state index in [-0.39, 0.29) is 18.3 Å². The minimum Gasteiger partial charge on any atom is -0.493 e. The summed E-state index contributed by atoms with van der Waals surface area (Å²) in [4.78, 5) is 25.7. The molecule has 0 bridgehead atoms. The van der Waals surface area contributed by atoms with Gasteiger partial charge in [0, 0.05) is 11.1 Å². The summed E-state index contributed by atoms with van der Waals surface area (Å²) in [5, 5.41) is 1.24. The molecule has 8 nitrogen and oxygen atoms in total. The lowest BCUT2D eigenvalue weighted by Crippen LogP contribution is -2.35. The fourth-order valence-electron chi connectivity index (χ4n) is 3.86. The maximum Gasteiger partial charge on any atom is 0.282 e. The molecule has 2 aromatic carbocycles. The number of carbonyl (C=O) groups excluding carboxylic acids is 2. The molecule has 0 radical (unpaired) electrons. The molecule has 0 spiro atoms. The molecular formula is C26H30N2O6. The Hall–Kier alpha value is -3.36. The highest BCUT2D eigenvalue weighted by atomic mass is 16.7. The van der Waals surface area contributed by atoms with E-state index in [0.29, 0.717) is 36.0 Å². The van der Waals surface area contributed by atoms with Gasteiger partial charge in [-0.1, -0.05) is 25.1 Å². The molecule has 180 valence electrons. The predicted molar refractivity (Wildman–Crippen MR) is 127 cm³/mol. The van der Waals surface area contributed by atoms with E-state index < -0.39 is 17.6 Å². The third-order valence-corrected chi connectivity index (χ3v) is 5.53. The summed E-state index contributed by atoms with van der Waals surface area (Å²) >= 11 is 0. The highest BCUT2D eigenvalue weighted by Gasteiger charge is 2.35. The topological polar surface area (TPSA) is 86.3 Å². The zero-order chi connectivity index (χ0) is 24.3. The van der Waals surface area contributed by atoms with Crippen molar-refractivity contribution in [2.45, 2.75) is 46.0 Å². The predicted octanol–water partition coefficient (Wildman–Crippen LogP) is 3.78. The van der Waals surface area contributed by atoms with E-state index in [1.165, 1.54) is 5.01 Å². The summed E-state index contributed by atoms with van der Waals surface area (Å²) in [7, 11) is 0. The first-order valence-electron chi connectivity index (χ1n) is 11.4. The van der Waals surface area contributed by atoms with E-state index in [1.807, 2.05) is 39.8 Å². The van der Waals surface area contributed by atoms with Crippen LogP contribution in [0.2, 0.25) is 0 Å². The summed E-state index contributed by atoms with van der Waals surface area (Å²) < 4.78 is 23.5. The van der Waals surface area contributed by atoms with E-state index in [0.717, 1.165) is 12.0 Å². The van der Waals surface area contributed by atoms with Gasteiger partial charge in [0.2, 0.25) is 0 Å². The molecule has 2 fully saturated rings. The molecule has 34 heavy (non-hydrogen) atoms. The van der Waals surface area contributed by atoms with Gasteiger partial charge in [-0.3, -0.25) is 15.0 Å². The first-order chi connectivity index (χ1) is 16.3. The van der Waals surface area contributed by atoms with Gasteiger partial charge in [0.25, 0.3) is 11.8 Å². The number of carbonyl (C=O) groups is 2.